The summed E-state index contributed by atoms with van der Waals surface area (Å²) in [6.45, 7) is -5.00. The Balaban J connectivity index is 6.42. The maximum Gasteiger partial charge on any atom is 0.322 e. The highest BCUT2D eigenvalue weighted by Gasteiger charge is 2.02. The summed E-state index contributed by atoms with van der Waals surface area (Å²) in [5.74, 6) is -3.65. The molecule has 82 valence electrons. The third-order valence-corrected chi connectivity index (χ3v) is 0.826. The molecule has 0 unspecified atom stereocenters. The van der Waals surface area contributed by atoms with Crippen molar-refractivity contribution in [2.75, 3.05) is 6.54 Å². The quantitative estimate of drug-likeness (QED) is 0.647. The van der Waals surface area contributed by atoms with Crippen molar-refractivity contribution in [3.8, 4) is 0 Å². The van der Waals surface area contributed by atoms with Crippen LogP contribution in [0.1, 0.15) is 65.7 Å². The number of carboxylic acid groups (broad SMARTS) is 1. The van der Waals surface area contributed by atoms with Gasteiger partial charge in [0.1, 0.15) is 6.54 Å². The first-order valence-corrected chi connectivity index (χ1v) is 3.34. The number of carbonyl (C=O) groups is 2. The Kier molecular flexibility index (Phi) is 1.55. The Morgan fingerprint density at radius 3 is 2.71 bits per heavy atom. The van der Waals surface area contributed by atoms with Crippen LogP contribution in [0.5, 0.6) is 0 Å². The Morgan fingerprint density at radius 2 is 2.07 bits per heavy atom. The highest BCUT2D eigenvalue weighted by atomic mass is 16.4. The fourth-order valence-corrected chi connectivity index (χ4v) is 0.382. The lowest BCUT2D eigenvalue weighted by Gasteiger charge is -2.01. The summed E-state index contributed by atoms with van der Waals surface area (Å²) in [6, 6.07) is 0. The summed E-state index contributed by atoms with van der Waals surface area (Å²) in [4.78, 5) is 22.3. The Labute approximate surface area is 106 Å². The molecule has 0 aromatic carbocycles. The number of hydrogen-bond donors (Lipinski definition) is 2. The predicted octanol–water partition coefficient (Wildman–Crippen LogP) is 1.55. The minimum Gasteiger partial charge on any atom is -0.480 e. The number of nitrogens with one attached hydrogen (secondary N) is 1. The summed E-state index contributed by atoms with van der Waals surface area (Å²) >= 11 is 0. The van der Waals surface area contributed by atoms with Crippen molar-refractivity contribution in [3.63, 3.8) is 0 Å². The number of carbonyl (C=O) groups excluding carboxylic acids is 1. The molecule has 0 spiro atoms. The maximum absolute atomic E-state index is 11.9. The van der Waals surface area contributed by atoms with Crippen LogP contribution in [0.15, 0.2) is 0 Å². The van der Waals surface area contributed by atoms with E-state index in [4.69, 9.17) is 25.7 Å². The second-order valence-electron chi connectivity index (χ2n) is 1.83. The average molecular weight is 216 g/mol. The van der Waals surface area contributed by atoms with E-state index in [-0.39, 0.29) is 0 Å². The molecule has 0 aliphatic carbocycles. The zero-order chi connectivity index (χ0) is 24.1. The Hall–Kier alpha value is -1.06. The molecular formula is C10H19NO3. The van der Waals surface area contributed by atoms with Gasteiger partial charge in [0, 0.05) is 26.9 Å². The molecule has 0 aromatic rings. The van der Waals surface area contributed by atoms with Gasteiger partial charge in [-0.25, -0.2) is 0 Å². The summed E-state index contributed by atoms with van der Waals surface area (Å²) in [5.41, 5.74) is 0. The van der Waals surface area contributed by atoms with Gasteiger partial charge in [-0.2, -0.15) is 0 Å². The van der Waals surface area contributed by atoms with Crippen LogP contribution in [0.3, 0.4) is 0 Å². The van der Waals surface area contributed by atoms with Crippen LogP contribution in [0, 0.1) is 0 Å². The first-order valence-electron chi connectivity index (χ1n) is 10.8. The second-order valence-corrected chi connectivity index (χ2v) is 1.83. The van der Waals surface area contributed by atoms with Gasteiger partial charge >= 0.3 is 5.97 Å². The molecule has 0 saturated heterocycles. The molecule has 0 rings (SSSR count). The van der Waals surface area contributed by atoms with Gasteiger partial charge in [0.15, 0.2) is 0 Å². The lowest BCUT2D eigenvalue weighted by molar-refractivity contribution is -0.137. The molecule has 2 N–H and O–H groups in total. The Morgan fingerprint density at radius 1 is 1.36 bits per heavy atom. The maximum atomic E-state index is 11.9. The van der Waals surface area contributed by atoms with E-state index in [0.717, 1.165) is 0 Å². The second kappa shape index (κ2) is 8.53. The number of aliphatic carboxylic acids is 1. The van der Waals surface area contributed by atoms with Crippen LogP contribution in [0.4, 0.5) is 0 Å². The molecule has 0 saturated carbocycles. The zero-order valence-corrected chi connectivity index (χ0v) is 6.97. The van der Waals surface area contributed by atoms with Gasteiger partial charge in [-0.05, 0) is 6.37 Å². The van der Waals surface area contributed by atoms with Crippen molar-refractivity contribution in [2.24, 2.45) is 0 Å². The molecule has 0 aliphatic heterocycles. The third-order valence-electron chi connectivity index (χ3n) is 0.826. The third kappa shape index (κ3) is 9.03. The summed E-state index contributed by atoms with van der Waals surface area (Å²) < 4.78 is 113. The van der Waals surface area contributed by atoms with E-state index in [9.17, 15) is 9.59 Å². The number of rotatable bonds is 8. The fourth-order valence-electron chi connectivity index (χ4n) is 0.382. The van der Waals surface area contributed by atoms with E-state index in [0.29, 0.717) is 0 Å². The first kappa shape index (κ1) is 2.54. The van der Waals surface area contributed by atoms with Crippen LogP contribution >= 0.6 is 0 Å². The lowest BCUT2D eigenvalue weighted by Crippen LogP contribution is -2.28. The fraction of sp³-hybridized carbons (Fsp3) is 0.800. The molecule has 0 atom stereocenters. The van der Waals surface area contributed by atoms with Crippen LogP contribution in [0.25, 0.3) is 0 Å². The summed E-state index contributed by atoms with van der Waals surface area (Å²) in [5, 5.41) is 9.93. The summed E-state index contributed by atoms with van der Waals surface area (Å²) in [7, 11) is 0. The number of amides is 1. The van der Waals surface area contributed by atoms with Crippen LogP contribution in [0.2, 0.25) is 0 Å². The van der Waals surface area contributed by atoms with E-state index in [1.807, 2.05) is 0 Å². The molecule has 0 fully saturated rings. The van der Waals surface area contributed by atoms with Crippen molar-refractivity contribution < 1.29 is 35.3 Å². The molecule has 4 nitrogen and oxygen atoms in total. The molecule has 0 bridgehead atoms. The predicted molar refractivity (Wildman–Crippen MR) is 54.0 cm³/mol. The standard InChI is InChI=1S/C10H19NO3/c1-2-3-4-5-6-7-9(12)11-8-10(13)14/h2-8H2,1H3,(H,11,12)(H,13,14)/i1D3,2D2,3D2,4D2,5D2,6D2,7D2. The van der Waals surface area contributed by atoms with Crippen molar-refractivity contribution in [1.29, 1.82) is 0 Å². The first-order chi connectivity index (χ1) is 12.3. The number of carboxylic acids is 1. The van der Waals surface area contributed by atoms with Crippen LogP contribution in [-0.4, -0.2) is 23.5 Å². The van der Waals surface area contributed by atoms with Gasteiger partial charge < -0.3 is 10.4 Å². The highest BCUT2D eigenvalue weighted by Crippen LogP contribution is 2.04. The lowest BCUT2D eigenvalue weighted by atomic mass is 10.1. The zero-order valence-electron chi connectivity index (χ0n) is 22.0. The SMILES string of the molecule is [2H]C([2H])([2H])C([2H])([2H])C([2H])([2H])C([2H])([2H])C([2H])([2H])C([2H])([2H])C([2H])([2H])C(=O)NCC(=O)O. The van der Waals surface area contributed by atoms with Gasteiger partial charge in [-0.15, -0.1) is 0 Å². The molecule has 0 heterocycles. The van der Waals surface area contributed by atoms with Crippen molar-refractivity contribution in [3.05, 3.63) is 0 Å². The van der Waals surface area contributed by atoms with E-state index < -0.39 is 63.5 Å². The minimum atomic E-state index is -4.33. The smallest absolute Gasteiger partial charge is 0.322 e. The normalized spacial score (nSPS) is 32.7. The molecule has 0 radical (unpaired) electrons. The van der Waals surface area contributed by atoms with Gasteiger partial charge in [-0.1, -0.05) is 32.3 Å². The Bertz CT molecular complexity index is 653. The van der Waals surface area contributed by atoms with Gasteiger partial charge in [0.2, 0.25) is 5.91 Å². The van der Waals surface area contributed by atoms with Crippen molar-refractivity contribution in [2.45, 2.75) is 45.1 Å². The molecular weight excluding hydrogens is 182 g/mol. The van der Waals surface area contributed by atoms with E-state index in [1.165, 1.54) is 5.32 Å². The van der Waals surface area contributed by atoms with E-state index in [2.05, 4.69) is 0 Å². The monoisotopic (exact) mass is 216 g/mol. The molecule has 14 heavy (non-hydrogen) atoms. The van der Waals surface area contributed by atoms with Crippen molar-refractivity contribution >= 4 is 11.9 Å². The molecule has 0 aromatic heterocycles. The minimum absolute atomic E-state index is 1.19. The van der Waals surface area contributed by atoms with Gasteiger partial charge in [-0.3, -0.25) is 9.59 Å². The topological polar surface area (TPSA) is 66.4 Å². The van der Waals surface area contributed by atoms with Crippen LogP contribution < -0.4 is 5.32 Å². The van der Waals surface area contributed by atoms with Gasteiger partial charge in [0.25, 0.3) is 0 Å². The molecule has 4 heteroatoms. The van der Waals surface area contributed by atoms with E-state index in [1.54, 1.807) is 0 Å². The van der Waals surface area contributed by atoms with Crippen LogP contribution in [-0.2, 0) is 9.59 Å². The highest BCUT2D eigenvalue weighted by molar-refractivity contribution is 5.80. The summed E-state index contributed by atoms with van der Waals surface area (Å²) in [6.07, 6.45) is -25.1. The van der Waals surface area contributed by atoms with Gasteiger partial charge in [0.05, 0.1) is 0 Å². The van der Waals surface area contributed by atoms with E-state index >= 15 is 0 Å². The number of hydrogen-bond acceptors (Lipinski definition) is 2. The largest absolute Gasteiger partial charge is 0.480 e. The van der Waals surface area contributed by atoms with Crippen molar-refractivity contribution in [1.82, 2.24) is 5.32 Å². The average Bonchev–Trinajstić information content (AvgIpc) is 2.50. The molecule has 0 aliphatic rings. The molecule has 1 amide bonds.